The van der Waals surface area contributed by atoms with Gasteiger partial charge in [0, 0.05) is 32.2 Å². The lowest BCUT2D eigenvalue weighted by molar-refractivity contribution is -0.384. The number of anilines is 2. The Balaban J connectivity index is 2.00. The van der Waals surface area contributed by atoms with Gasteiger partial charge in [0.15, 0.2) is 0 Å². The van der Waals surface area contributed by atoms with Gasteiger partial charge < -0.3 is 19.3 Å². The predicted octanol–water partition coefficient (Wildman–Crippen LogP) is 1.27. The smallest absolute Gasteiger partial charge is 0.294 e. The topological polar surface area (TPSA) is 68.1 Å². The van der Waals surface area contributed by atoms with Gasteiger partial charge in [-0.1, -0.05) is 6.07 Å². The molecule has 2 saturated heterocycles. The summed E-state index contributed by atoms with van der Waals surface area (Å²) in [4.78, 5) is 15.3. The lowest BCUT2D eigenvalue weighted by Gasteiger charge is -2.35. The van der Waals surface area contributed by atoms with E-state index in [1.54, 1.807) is 12.1 Å². The van der Waals surface area contributed by atoms with Crippen molar-refractivity contribution in [3.8, 4) is 0 Å². The Morgan fingerprint density at radius 1 is 0.952 bits per heavy atom. The second-order valence-electron chi connectivity index (χ2n) is 5.10. The van der Waals surface area contributed by atoms with E-state index in [1.165, 1.54) is 0 Å². The molecule has 0 spiro atoms. The van der Waals surface area contributed by atoms with Crippen molar-refractivity contribution < 1.29 is 14.4 Å². The SMILES string of the molecule is O=[N+]([O-])c1cccc(N2CCOCC2)c1N1CCOCC1. The zero-order valence-electron chi connectivity index (χ0n) is 11.9. The molecule has 0 N–H and O–H groups in total. The number of morpholine rings is 2. The molecule has 0 saturated carbocycles. The van der Waals surface area contributed by atoms with E-state index in [1.807, 2.05) is 6.07 Å². The monoisotopic (exact) mass is 293 g/mol. The van der Waals surface area contributed by atoms with Crippen LogP contribution in [-0.2, 0) is 9.47 Å². The van der Waals surface area contributed by atoms with E-state index in [-0.39, 0.29) is 10.6 Å². The molecule has 0 atom stereocenters. The van der Waals surface area contributed by atoms with Gasteiger partial charge >= 0.3 is 0 Å². The summed E-state index contributed by atoms with van der Waals surface area (Å²) in [6.45, 7) is 5.42. The third-order valence-electron chi connectivity index (χ3n) is 3.87. The Hall–Kier alpha value is -1.86. The molecule has 21 heavy (non-hydrogen) atoms. The van der Waals surface area contributed by atoms with Crippen LogP contribution in [-0.4, -0.2) is 57.5 Å². The van der Waals surface area contributed by atoms with Crippen LogP contribution in [0.1, 0.15) is 0 Å². The average Bonchev–Trinajstić information content (AvgIpc) is 2.55. The van der Waals surface area contributed by atoms with E-state index in [2.05, 4.69) is 9.80 Å². The Labute approximate surface area is 123 Å². The Bertz CT molecular complexity index is 511. The molecule has 1 aromatic rings. The third kappa shape index (κ3) is 2.93. The summed E-state index contributed by atoms with van der Waals surface area (Å²) in [5, 5.41) is 11.4. The van der Waals surface area contributed by atoms with Crippen molar-refractivity contribution in [3.63, 3.8) is 0 Å². The van der Waals surface area contributed by atoms with Crippen LogP contribution in [0.25, 0.3) is 0 Å². The molecule has 1 aromatic carbocycles. The summed E-state index contributed by atoms with van der Waals surface area (Å²) in [5.74, 6) is 0. The fraction of sp³-hybridized carbons (Fsp3) is 0.571. The molecule has 0 bridgehead atoms. The van der Waals surface area contributed by atoms with Gasteiger partial charge in [0.2, 0.25) is 0 Å². The number of para-hydroxylation sites is 1. The van der Waals surface area contributed by atoms with Crippen LogP contribution in [0.15, 0.2) is 18.2 Å². The molecule has 2 fully saturated rings. The molecule has 3 rings (SSSR count). The van der Waals surface area contributed by atoms with Crippen molar-refractivity contribution in [1.82, 2.24) is 0 Å². The zero-order chi connectivity index (χ0) is 14.7. The van der Waals surface area contributed by atoms with Crippen molar-refractivity contribution >= 4 is 17.1 Å². The summed E-state index contributed by atoms with van der Waals surface area (Å²) in [5.41, 5.74) is 1.81. The number of nitrogens with zero attached hydrogens (tertiary/aromatic N) is 3. The highest BCUT2D eigenvalue weighted by Gasteiger charge is 2.27. The molecule has 0 radical (unpaired) electrons. The molecule has 7 heteroatoms. The van der Waals surface area contributed by atoms with E-state index in [4.69, 9.17) is 9.47 Å². The van der Waals surface area contributed by atoms with Crippen molar-refractivity contribution in [3.05, 3.63) is 28.3 Å². The van der Waals surface area contributed by atoms with Crippen LogP contribution in [0.5, 0.6) is 0 Å². The van der Waals surface area contributed by atoms with Gasteiger partial charge in [-0.25, -0.2) is 0 Å². The minimum atomic E-state index is -0.297. The highest BCUT2D eigenvalue weighted by atomic mass is 16.6. The van der Waals surface area contributed by atoms with Crippen molar-refractivity contribution in [2.75, 3.05) is 62.4 Å². The van der Waals surface area contributed by atoms with Gasteiger partial charge in [0.25, 0.3) is 5.69 Å². The first-order valence-corrected chi connectivity index (χ1v) is 7.20. The van der Waals surface area contributed by atoms with Crippen molar-refractivity contribution in [2.24, 2.45) is 0 Å². The molecule has 0 amide bonds. The van der Waals surface area contributed by atoms with Gasteiger partial charge in [-0.3, -0.25) is 10.1 Å². The number of ether oxygens (including phenoxy) is 2. The van der Waals surface area contributed by atoms with Crippen LogP contribution >= 0.6 is 0 Å². The Morgan fingerprint density at radius 3 is 2.10 bits per heavy atom. The number of rotatable bonds is 3. The van der Waals surface area contributed by atoms with E-state index in [0.717, 1.165) is 18.8 Å². The van der Waals surface area contributed by atoms with E-state index in [0.29, 0.717) is 45.2 Å². The molecule has 0 aromatic heterocycles. The summed E-state index contributed by atoms with van der Waals surface area (Å²) < 4.78 is 10.7. The lowest BCUT2D eigenvalue weighted by Crippen LogP contribution is -2.40. The second kappa shape index (κ2) is 6.28. The first-order valence-electron chi connectivity index (χ1n) is 7.20. The number of benzene rings is 1. The first-order chi connectivity index (χ1) is 10.3. The standard InChI is InChI=1S/C14H19N3O4/c18-17(19)13-3-1-2-12(15-4-8-20-9-5-15)14(13)16-6-10-21-11-7-16/h1-3H,4-11H2. The average molecular weight is 293 g/mol. The number of nitro benzene ring substituents is 1. The molecular weight excluding hydrogens is 274 g/mol. The van der Waals surface area contributed by atoms with Crippen molar-refractivity contribution in [2.45, 2.75) is 0 Å². The quantitative estimate of drug-likeness (QED) is 0.617. The zero-order valence-corrected chi connectivity index (χ0v) is 11.9. The molecule has 2 aliphatic rings. The van der Waals surface area contributed by atoms with Gasteiger partial charge in [-0.2, -0.15) is 0 Å². The van der Waals surface area contributed by atoms with Crippen LogP contribution in [0.2, 0.25) is 0 Å². The molecule has 2 aliphatic heterocycles. The maximum atomic E-state index is 11.4. The Kier molecular flexibility index (Phi) is 4.21. The maximum absolute atomic E-state index is 11.4. The fourth-order valence-corrected chi connectivity index (χ4v) is 2.84. The molecule has 0 aliphatic carbocycles. The van der Waals surface area contributed by atoms with Crippen molar-refractivity contribution in [1.29, 1.82) is 0 Å². The van der Waals surface area contributed by atoms with Crippen LogP contribution in [0, 0.1) is 10.1 Å². The lowest BCUT2D eigenvalue weighted by atomic mass is 10.1. The molecule has 114 valence electrons. The number of hydrogen-bond acceptors (Lipinski definition) is 6. The number of hydrogen-bond donors (Lipinski definition) is 0. The van der Waals surface area contributed by atoms with Crippen LogP contribution < -0.4 is 9.80 Å². The summed E-state index contributed by atoms with van der Waals surface area (Å²) in [6.07, 6.45) is 0. The molecule has 7 nitrogen and oxygen atoms in total. The van der Waals surface area contributed by atoms with Gasteiger partial charge in [-0.15, -0.1) is 0 Å². The predicted molar refractivity (Wildman–Crippen MR) is 79.2 cm³/mol. The normalized spacial score (nSPS) is 19.6. The largest absolute Gasteiger partial charge is 0.378 e. The summed E-state index contributed by atoms with van der Waals surface area (Å²) in [6, 6.07) is 5.30. The second-order valence-corrected chi connectivity index (χ2v) is 5.10. The minimum absolute atomic E-state index is 0.167. The van der Waals surface area contributed by atoms with Gasteiger partial charge in [-0.05, 0) is 6.07 Å². The van der Waals surface area contributed by atoms with Crippen LogP contribution in [0.3, 0.4) is 0 Å². The van der Waals surface area contributed by atoms with Gasteiger partial charge in [0.05, 0.1) is 37.0 Å². The first kappa shape index (κ1) is 14.1. The highest BCUT2D eigenvalue weighted by molar-refractivity contribution is 5.80. The Morgan fingerprint density at radius 2 is 1.52 bits per heavy atom. The van der Waals surface area contributed by atoms with E-state index in [9.17, 15) is 10.1 Å². The summed E-state index contributed by atoms with van der Waals surface area (Å²) in [7, 11) is 0. The molecule has 2 heterocycles. The fourth-order valence-electron chi connectivity index (χ4n) is 2.84. The molecule has 0 unspecified atom stereocenters. The maximum Gasteiger partial charge on any atom is 0.294 e. The van der Waals surface area contributed by atoms with E-state index >= 15 is 0 Å². The summed E-state index contributed by atoms with van der Waals surface area (Å²) >= 11 is 0. The van der Waals surface area contributed by atoms with Gasteiger partial charge in [0.1, 0.15) is 5.69 Å². The minimum Gasteiger partial charge on any atom is -0.378 e. The number of nitro groups is 1. The van der Waals surface area contributed by atoms with Crippen LogP contribution in [0.4, 0.5) is 17.1 Å². The highest BCUT2D eigenvalue weighted by Crippen LogP contribution is 2.38. The molecular formula is C14H19N3O4. The third-order valence-corrected chi connectivity index (χ3v) is 3.87. The van der Waals surface area contributed by atoms with E-state index < -0.39 is 0 Å².